The first kappa shape index (κ1) is 9.00. The third-order valence-corrected chi connectivity index (χ3v) is 1.61. The second-order valence-electron chi connectivity index (χ2n) is 2.59. The first-order valence-corrected chi connectivity index (χ1v) is 3.99. The molecule has 1 rings (SSSR count). The van der Waals surface area contributed by atoms with Crippen molar-refractivity contribution in [3.63, 3.8) is 0 Å². The molecular formula is C9H14N2O. The molecular weight excluding hydrogens is 152 g/mol. The Labute approximate surface area is 72.8 Å². The monoisotopic (exact) mass is 166 g/mol. The zero-order chi connectivity index (χ0) is 8.81. The van der Waals surface area contributed by atoms with E-state index < -0.39 is 0 Å². The van der Waals surface area contributed by atoms with Crippen molar-refractivity contribution in [2.24, 2.45) is 0 Å². The van der Waals surface area contributed by atoms with Crippen LogP contribution in [0, 0.1) is 6.92 Å². The molecule has 1 N–H and O–H groups in total. The molecule has 1 heterocycles. The maximum Gasteiger partial charge on any atom is 0.128 e. The number of rotatable bonds is 4. The van der Waals surface area contributed by atoms with E-state index in [1.807, 2.05) is 19.1 Å². The van der Waals surface area contributed by atoms with Gasteiger partial charge in [-0.2, -0.15) is 0 Å². The van der Waals surface area contributed by atoms with Crippen molar-refractivity contribution >= 4 is 5.82 Å². The molecule has 0 amide bonds. The van der Waals surface area contributed by atoms with E-state index in [2.05, 4.69) is 10.3 Å². The number of aromatic nitrogens is 1. The van der Waals surface area contributed by atoms with Gasteiger partial charge in [0.1, 0.15) is 5.82 Å². The molecule has 1 aromatic rings. The summed E-state index contributed by atoms with van der Waals surface area (Å²) in [6.45, 7) is 3.53. The zero-order valence-corrected chi connectivity index (χ0v) is 7.50. The molecule has 0 aromatic carbocycles. The highest BCUT2D eigenvalue weighted by Gasteiger charge is 1.95. The summed E-state index contributed by atoms with van der Waals surface area (Å²) in [6.07, 6.45) is 1.78. The first-order chi connectivity index (χ1) is 5.84. The van der Waals surface area contributed by atoms with Crippen LogP contribution in [0.5, 0.6) is 0 Å². The quantitative estimate of drug-likeness (QED) is 0.687. The summed E-state index contributed by atoms with van der Waals surface area (Å²) >= 11 is 0. The van der Waals surface area contributed by atoms with Gasteiger partial charge in [0, 0.05) is 19.9 Å². The lowest BCUT2D eigenvalue weighted by Crippen LogP contribution is -2.09. The van der Waals surface area contributed by atoms with Crippen molar-refractivity contribution < 1.29 is 4.74 Å². The molecule has 0 radical (unpaired) electrons. The van der Waals surface area contributed by atoms with Crippen LogP contribution in [0.25, 0.3) is 0 Å². The summed E-state index contributed by atoms with van der Waals surface area (Å²) < 4.78 is 4.91. The number of ether oxygens (including phenoxy) is 1. The van der Waals surface area contributed by atoms with E-state index in [1.165, 1.54) is 0 Å². The molecule has 0 atom stereocenters. The normalized spacial score (nSPS) is 9.83. The fraction of sp³-hybridized carbons (Fsp3) is 0.444. The zero-order valence-electron chi connectivity index (χ0n) is 7.50. The Morgan fingerprint density at radius 1 is 1.58 bits per heavy atom. The molecule has 0 saturated carbocycles. The van der Waals surface area contributed by atoms with E-state index in [-0.39, 0.29) is 0 Å². The number of aryl methyl sites for hydroxylation is 1. The molecule has 1 aromatic heterocycles. The van der Waals surface area contributed by atoms with Gasteiger partial charge in [-0.1, -0.05) is 6.07 Å². The Balaban J connectivity index is 2.46. The van der Waals surface area contributed by atoms with Crippen LogP contribution in [0.15, 0.2) is 18.3 Å². The van der Waals surface area contributed by atoms with Gasteiger partial charge in [-0.3, -0.25) is 0 Å². The van der Waals surface area contributed by atoms with E-state index in [9.17, 15) is 0 Å². The standard InChI is InChI=1S/C9H14N2O/c1-8-4-3-5-10-9(8)11-6-7-12-2/h3-5H,6-7H2,1-2H3,(H,10,11). The minimum absolute atomic E-state index is 0.704. The molecule has 0 unspecified atom stereocenters. The molecule has 0 aliphatic heterocycles. The van der Waals surface area contributed by atoms with Crippen molar-refractivity contribution in [1.29, 1.82) is 0 Å². The Morgan fingerprint density at radius 3 is 3.08 bits per heavy atom. The van der Waals surface area contributed by atoms with Gasteiger partial charge in [-0.25, -0.2) is 4.98 Å². The van der Waals surface area contributed by atoms with Crippen LogP contribution >= 0.6 is 0 Å². The highest BCUT2D eigenvalue weighted by atomic mass is 16.5. The predicted molar refractivity (Wildman–Crippen MR) is 49.3 cm³/mol. The van der Waals surface area contributed by atoms with Crippen molar-refractivity contribution in [2.75, 3.05) is 25.6 Å². The molecule has 66 valence electrons. The Morgan fingerprint density at radius 2 is 2.42 bits per heavy atom. The third kappa shape index (κ3) is 2.51. The van der Waals surface area contributed by atoms with Crippen LogP contribution in [0.1, 0.15) is 5.56 Å². The van der Waals surface area contributed by atoms with Crippen LogP contribution in [-0.4, -0.2) is 25.2 Å². The minimum atomic E-state index is 0.704. The van der Waals surface area contributed by atoms with Gasteiger partial charge in [-0.15, -0.1) is 0 Å². The summed E-state index contributed by atoms with van der Waals surface area (Å²) in [5, 5.41) is 3.18. The van der Waals surface area contributed by atoms with Gasteiger partial charge in [0.15, 0.2) is 0 Å². The van der Waals surface area contributed by atoms with Gasteiger partial charge < -0.3 is 10.1 Å². The molecule has 3 heteroatoms. The summed E-state index contributed by atoms with van der Waals surface area (Å²) in [5.74, 6) is 0.939. The minimum Gasteiger partial charge on any atom is -0.383 e. The van der Waals surface area contributed by atoms with E-state index in [4.69, 9.17) is 4.74 Å². The van der Waals surface area contributed by atoms with E-state index in [0.29, 0.717) is 6.61 Å². The number of nitrogens with zero attached hydrogens (tertiary/aromatic N) is 1. The molecule has 3 nitrogen and oxygen atoms in total. The van der Waals surface area contributed by atoms with Crippen molar-refractivity contribution in [2.45, 2.75) is 6.92 Å². The molecule has 0 aliphatic carbocycles. The second kappa shape index (κ2) is 4.72. The van der Waals surface area contributed by atoms with Gasteiger partial charge in [0.05, 0.1) is 6.61 Å². The van der Waals surface area contributed by atoms with Crippen LogP contribution in [0.4, 0.5) is 5.82 Å². The largest absolute Gasteiger partial charge is 0.383 e. The SMILES string of the molecule is COCCNc1ncccc1C. The number of methoxy groups -OCH3 is 1. The highest BCUT2D eigenvalue weighted by molar-refractivity contribution is 5.42. The Kier molecular flexibility index (Phi) is 3.54. The molecule has 0 aliphatic rings. The molecule has 0 fully saturated rings. The van der Waals surface area contributed by atoms with Crippen LogP contribution in [0.2, 0.25) is 0 Å². The fourth-order valence-corrected chi connectivity index (χ4v) is 0.942. The summed E-state index contributed by atoms with van der Waals surface area (Å²) in [4.78, 5) is 4.18. The number of hydrogen-bond donors (Lipinski definition) is 1. The van der Waals surface area contributed by atoms with Crippen molar-refractivity contribution in [3.05, 3.63) is 23.9 Å². The van der Waals surface area contributed by atoms with Crippen LogP contribution in [0.3, 0.4) is 0 Å². The first-order valence-electron chi connectivity index (χ1n) is 3.99. The summed E-state index contributed by atoms with van der Waals surface area (Å²) in [7, 11) is 1.69. The number of nitrogens with one attached hydrogen (secondary N) is 1. The van der Waals surface area contributed by atoms with Crippen LogP contribution < -0.4 is 5.32 Å². The lowest BCUT2D eigenvalue weighted by molar-refractivity contribution is 0.210. The number of anilines is 1. The summed E-state index contributed by atoms with van der Waals surface area (Å²) in [5.41, 5.74) is 1.16. The van der Waals surface area contributed by atoms with Crippen molar-refractivity contribution in [3.8, 4) is 0 Å². The van der Waals surface area contributed by atoms with Crippen LogP contribution in [-0.2, 0) is 4.74 Å². The second-order valence-corrected chi connectivity index (χ2v) is 2.59. The lowest BCUT2D eigenvalue weighted by Gasteiger charge is -2.06. The van der Waals surface area contributed by atoms with Gasteiger partial charge in [-0.05, 0) is 18.6 Å². The average molecular weight is 166 g/mol. The third-order valence-electron chi connectivity index (χ3n) is 1.61. The fourth-order valence-electron chi connectivity index (χ4n) is 0.942. The molecule has 0 saturated heterocycles. The van der Waals surface area contributed by atoms with E-state index >= 15 is 0 Å². The van der Waals surface area contributed by atoms with Gasteiger partial charge >= 0.3 is 0 Å². The van der Waals surface area contributed by atoms with Gasteiger partial charge in [0.2, 0.25) is 0 Å². The van der Waals surface area contributed by atoms with E-state index in [0.717, 1.165) is 17.9 Å². The predicted octanol–water partition coefficient (Wildman–Crippen LogP) is 1.45. The number of hydrogen-bond acceptors (Lipinski definition) is 3. The maximum absolute atomic E-state index is 4.91. The smallest absolute Gasteiger partial charge is 0.128 e. The van der Waals surface area contributed by atoms with E-state index in [1.54, 1.807) is 13.3 Å². The summed E-state index contributed by atoms with van der Waals surface area (Å²) in [6, 6.07) is 3.96. The Bertz CT molecular complexity index is 238. The van der Waals surface area contributed by atoms with Gasteiger partial charge in [0.25, 0.3) is 0 Å². The number of pyridine rings is 1. The maximum atomic E-state index is 4.91. The average Bonchev–Trinajstić information content (AvgIpc) is 2.09. The highest BCUT2D eigenvalue weighted by Crippen LogP contribution is 2.07. The topological polar surface area (TPSA) is 34.1 Å². The lowest BCUT2D eigenvalue weighted by atomic mass is 10.3. The Hall–Kier alpha value is -1.09. The molecule has 0 spiro atoms. The molecule has 12 heavy (non-hydrogen) atoms. The molecule has 0 bridgehead atoms. The van der Waals surface area contributed by atoms with Crippen molar-refractivity contribution in [1.82, 2.24) is 4.98 Å².